The summed E-state index contributed by atoms with van der Waals surface area (Å²) < 4.78 is 4.94. The van der Waals surface area contributed by atoms with E-state index in [1.807, 2.05) is 13.8 Å². The maximum atomic E-state index is 11.8. The number of hydrogen-bond donors (Lipinski definition) is 3. The van der Waals surface area contributed by atoms with Crippen molar-refractivity contribution < 1.29 is 14.3 Å². The number of anilines is 1. The maximum absolute atomic E-state index is 11.8. The number of methoxy groups -OCH3 is 1. The van der Waals surface area contributed by atoms with Crippen LogP contribution in [0.4, 0.5) is 5.69 Å². The molecule has 2 amide bonds. The first-order chi connectivity index (χ1) is 9.47. The molecule has 0 spiro atoms. The Morgan fingerprint density at radius 1 is 1.24 bits per heavy atom. The predicted octanol–water partition coefficient (Wildman–Crippen LogP) is 1.16. The van der Waals surface area contributed by atoms with E-state index in [0.29, 0.717) is 11.3 Å². The second-order valence-electron chi connectivity index (χ2n) is 4.65. The van der Waals surface area contributed by atoms with Gasteiger partial charge in [0.2, 0.25) is 0 Å². The van der Waals surface area contributed by atoms with Crippen LogP contribution in [-0.2, 0) is 9.53 Å². The van der Waals surface area contributed by atoms with Gasteiger partial charge in [-0.2, -0.15) is 0 Å². The van der Waals surface area contributed by atoms with E-state index in [1.165, 1.54) is 7.11 Å². The second kappa shape index (κ2) is 9.33. The summed E-state index contributed by atoms with van der Waals surface area (Å²) in [5.74, 6) is -0.455. The Morgan fingerprint density at radius 3 is 2.24 bits per heavy atom. The molecular formula is C14H22ClN3O3. The highest BCUT2D eigenvalue weighted by Gasteiger charge is 2.15. The fourth-order valence-electron chi connectivity index (χ4n) is 1.58. The Bertz CT molecular complexity index is 459. The first-order valence-corrected chi connectivity index (χ1v) is 6.42. The summed E-state index contributed by atoms with van der Waals surface area (Å²) in [6.07, 6.45) is -0.682. The van der Waals surface area contributed by atoms with E-state index in [0.717, 1.165) is 0 Å². The van der Waals surface area contributed by atoms with Crippen LogP contribution >= 0.6 is 12.4 Å². The van der Waals surface area contributed by atoms with Crippen LogP contribution in [0, 0.1) is 0 Å². The van der Waals surface area contributed by atoms with E-state index in [4.69, 9.17) is 10.5 Å². The lowest BCUT2D eigenvalue weighted by molar-refractivity contribution is -0.125. The van der Waals surface area contributed by atoms with Crippen LogP contribution in [0.15, 0.2) is 24.3 Å². The third-order valence-electron chi connectivity index (χ3n) is 2.63. The normalized spacial score (nSPS) is 11.5. The number of nitrogens with one attached hydrogen (secondary N) is 2. The van der Waals surface area contributed by atoms with Crippen LogP contribution in [0.2, 0.25) is 0 Å². The van der Waals surface area contributed by atoms with Gasteiger partial charge >= 0.3 is 0 Å². The molecule has 0 fully saturated rings. The van der Waals surface area contributed by atoms with Crippen molar-refractivity contribution in [3.8, 4) is 0 Å². The fraction of sp³-hybridized carbons (Fsp3) is 0.429. The molecule has 1 atom stereocenters. The monoisotopic (exact) mass is 315 g/mol. The van der Waals surface area contributed by atoms with E-state index in [1.54, 1.807) is 24.3 Å². The van der Waals surface area contributed by atoms with Gasteiger partial charge in [-0.05, 0) is 38.1 Å². The van der Waals surface area contributed by atoms with E-state index < -0.39 is 6.10 Å². The highest BCUT2D eigenvalue weighted by Crippen LogP contribution is 2.10. The SMILES string of the molecule is COC(CN)C(=O)Nc1ccc(C(=O)NC(C)C)cc1.Cl. The molecule has 1 aromatic rings. The molecular weight excluding hydrogens is 294 g/mol. The van der Waals surface area contributed by atoms with Crippen LogP contribution in [0.1, 0.15) is 24.2 Å². The molecule has 21 heavy (non-hydrogen) atoms. The third kappa shape index (κ3) is 6.12. The quantitative estimate of drug-likeness (QED) is 0.734. The number of carbonyl (C=O) groups excluding carboxylic acids is 2. The van der Waals surface area contributed by atoms with Crippen molar-refractivity contribution in [2.45, 2.75) is 26.0 Å². The average Bonchev–Trinajstić information content (AvgIpc) is 2.40. The van der Waals surface area contributed by atoms with Gasteiger partial charge < -0.3 is 21.1 Å². The first-order valence-electron chi connectivity index (χ1n) is 6.42. The van der Waals surface area contributed by atoms with Gasteiger partial charge in [0.25, 0.3) is 11.8 Å². The first kappa shape index (κ1) is 19.4. The number of nitrogens with two attached hydrogens (primary N) is 1. The smallest absolute Gasteiger partial charge is 0.254 e. The largest absolute Gasteiger partial charge is 0.370 e. The van der Waals surface area contributed by atoms with E-state index in [9.17, 15) is 9.59 Å². The molecule has 0 radical (unpaired) electrons. The fourth-order valence-corrected chi connectivity index (χ4v) is 1.58. The maximum Gasteiger partial charge on any atom is 0.254 e. The molecule has 1 aromatic carbocycles. The average molecular weight is 316 g/mol. The summed E-state index contributed by atoms with van der Waals surface area (Å²) in [4.78, 5) is 23.5. The Morgan fingerprint density at radius 2 is 1.81 bits per heavy atom. The topological polar surface area (TPSA) is 93.4 Å². The van der Waals surface area contributed by atoms with Gasteiger partial charge in [-0.15, -0.1) is 12.4 Å². The minimum absolute atomic E-state index is 0. The molecule has 0 aliphatic rings. The molecule has 0 saturated heterocycles. The van der Waals surface area contributed by atoms with E-state index in [2.05, 4.69) is 10.6 Å². The summed E-state index contributed by atoms with van der Waals surface area (Å²) in [6, 6.07) is 6.70. The van der Waals surface area contributed by atoms with Crippen LogP contribution in [0.5, 0.6) is 0 Å². The summed E-state index contributed by atoms with van der Waals surface area (Å²) in [7, 11) is 1.43. The molecule has 0 aliphatic carbocycles. The Balaban J connectivity index is 0.00000400. The van der Waals surface area contributed by atoms with Gasteiger partial charge in [0.05, 0.1) is 0 Å². The van der Waals surface area contributed by atoms with Crippen LogP contribution in [0.3, 0.4) is 0 Å². The van der Waals surface area contributed by atoms with Crippen molar-refractivity contribution in [3.63, 3.8) is 0 Å². The zero-order valence-corrected chi connectivity index (χ0v) is 13.2. The van der Waals surface area contributed by atoms with Gasteiger partial charge in [0.1, 0.15) is 6.10 Å². The molecule has 7 heteroatoms. The molecule has 0 saturated carbocycles. The highest BCUT2D eigenvalue weighted by molar-refractivity contribution is 5.97. The van der Waals surface area contributed by atoms with Crippen LogP contribution < -0.4 is 16.4 Å². The standard InChI is InChI=1S/C14H21N3O3.ClH/c1-9(2)16-13(18)10-4-6-11(7-5-10)17-14(19)12(8-15)20-3;/h4-7,9,12H,8,15H2,1-3H3,(H,16,18)(H,17,19);1H. The van der Waals surface area contributed by atoms with Gasteiger partial charge in [-0.25, -0.2) is 0 Å². The van der Waals surface area contributed by atoms with Crippen molar-refractivity contribution in [2.75, 3.05) is 19.0 Å². The summed E-state index contributed by atoms with van der Waals surface area (Å²) in [5.41, 5.74) is 6.54. The van der Waals surface area contributed by atoms with Crippen molar-refractivity contribution in [3.05, 3.63) is 29.8 Å². The number of halogens is 1. The molecule has 1 rings (SSSR count). The van der Waals surface area contributed by atoms with Crippen molar-refractivity contribution >= 4 is 29.9 Å². The third-order valence-corrected chi connectivity index (χ3v) is 2.63. The molecule has 0 aromatic heterocycles. The molecule has 0 aliphatic heterocycles. The van der Waals surface area contributed by atoms with E-state index in [-0.39, 0.29) is 36.8 Å². The van der Waals surface area contributed by atoms with Crippen molar-refractivity contribution in [1.29, 1.82) is 0 Å². The minimum Gasteiger partial charge on any atom is -0.370 e. The molecule has 4 N–H and O–H groups in total. The van der Waals surface area contributed by atoms with Crippen LogP contribution in [0.25, 0.3) is 0 Å². The number of rotatable bonds is 6. The summed E-state index contributed by atoms with van der Waals surface area (Å²) >= 11 is 0. The highest BCUT2D eigenvalue weighted by atomic mass is 35.5. The summed E-state index contributed by atoms with van der Waals surface area (Å²) in [6.45, 7) is 3.89. The zero-order chi connectivity index (χ0) is 15.1. The molecule has 118 valence electrons. The second-order valence-corrected chi connectivity index (χ2v) is 4.65. The molecule has 0 heterocycles. The Labute approximate surface area is 130 Å². The van der Waals surface area contributed by atoms with Gasteiger partial charge in [-0.3, -0.25) is 9.59 Å². The van der Waals surface area contributed by atoms with Gasteiger partial charge in [0, 0.05) is 30.9 Å². The van der Waals surface area contributed by atoms with Crippen LogP contribution in [-0.4, -0.2) is 37.6 Å². The lowest BCUT2D eigenvalue weighted by atomic mass is 10.2. The number of carbonyl (C=O) groups is 2. The van der Waals surface area contributed by atoms with Crippen molar-refractivity contribution in [2.24, 2.45) is 5.73 Å². The Hall–Kier alpha value is -1.63. The minimum atomic E-state index is -0.682. The van der Waals surface area contributed by atoms with Crippen molar-refractivity contribution in [1.82, 2.24) is 5.32 Å². The lowest BCUT2D eigenvalue weighted by Gasteiger charge is -2.13. The summed E-state index contributed by atoms with van der Waals surface area (Å²) in [5, 5.41) is 5.47. The molecule has 1 unspecified atom stereocenters. The number of benzene rings is 1. The number of ether oxygens (including phenoxy) is 1. The number of amides is 2. The molecule has 6 nitrogen and oxygen atoms in total. The zero-order valence-electron chi connectivity index (χ0n) is 12.4. The Kier molecular flexibility index (Phi) is 8.61. The molecule has 0 bridgehead atoms. The number of hydrogen-bond acceptors (Lipinski definition) is 4. The van der Waals surface area contributed by atoms with Gasteiger partial charge in [-0.1, -0.05) is 0 Å². The van der Waals surface area contributed by atoms with Gasteiger partial charge in [0.15, 0.2) is 0 Å². The van der Waals surface area contributed by atoms with E-state index >= 15 is 0 Å². The predicted molar refractivity (Wildman–Crippen MR) is 84.8 cm³/mol. The lowest BCUT2D eigenvalue weighted by Crippen LogP contribution is -2.35.